The highest BCUT2D eigenvalue weighted by atomic mass is 16.3. The van der Waals surface area contributed by atoms with Crippen molar-refractivity contribution in [2.45, 2.75) is 39.2 Å². The number of H-pyrrole nitrogens is 1. The van der Waals surface area contributed by atoms with Gasteiger partial charge in [-0.1, -0.05) is 32.9 Å². The Balaban J connectivity index is 1.81. The van der Waals surface area contributed by atoms with Crippen LogP contribution in [0.3, 0.4) is 0 Å². The van der Waals surface area contributed by atoms with E-state index < -0.39 is 0 Å². The third-order valence-electron chi connectivity index (χ3n) is 4.75. The molecule has 0 spiro atoms. The fourth-order valence-electron chi connectivity index (χ4n) is 2.73. The smallest absolute Gasteiger partial charge is 0.272 e. The molecular formula is C19H24N4O2. The van der Waals surface area contributed by atoms with Gasteiger partial charge in [0.15, 0.2) is 0 Å². The number of rotatable bonds is 6. The molecule has 6 heteroatoms. The van der Waals surface area contributed by atoms with Crippen molar-refractivity contribution in [2.75, 3.05) is 11.9 Å². The summed E-state index contributed by atoms with van der Waals surface area (Å²) in [5.41, 5.74) is 3.42. The molecule has 6 nitrogen and oxygen atoms in total. The number of hydrogen-bond donors (Lipinski definition) is 3. The lowest BCUT2D eigenvalue weighted by Crippen LogP contribution is -2.15. The van der Waals surface area contributed by atoms with E-state index in [1.807, 2.05) is 6.07 Å². The van der Waals surface area contributed by atoms with Crippen molar-refractivity contribution in [3.05, 3.63) is 47.9 Å². The largest absolute Gasteiger partial charge is 0.394 e. The van der Waals surface area contributed by atoms with Crippen LogP contribution in [0.5, 0.6) is 0 Å². The number of aromatic nitrogens is 3. The molecule has 2 aromatic heterocycles. The van der Waals surface area contributed by atoms with Crippen LogP contribution < -0.4 is 5.32 Å². The van der Waals surface area contributed by atoms with Crippen LogP contribution in [0.15, 0.2) is 36.7 Å². The van der Waals surface area contributed by atoms with Gasteiger partial charge < -0.3 is 15.4 Å². The summed E-state index contributed by atoms with van der Waals surface area (Å²) in [5.74, 6) is -0.212. The Labute approximate surface area is 146 Å². The van der Waals surface area contributed by atoms with Crippen LogP contribution in [0.2, 0.25) is 0 Å². The number of aliphatic hydroxyl groups is 1. The number of hydrogen-bond acceptors (Lipinski definition) is 3. The zero-order chi connectivity index (χ0) is 18.0. The zero-order valence-corrected chi connectivity index (χ0v) is 14.8. The van der Waals surface area contributed by atoms with Crippen LogP contribution in [-0.4, -0.2) is 32.4 Å². The number of amides is 1. The molecule has 1 aromatic carbocycles. The topological polar surface area (TPSA) is 82.9 Å². The molecule has 25 heavy (non-hydrogen) atoms. The number of aliphatic hydroxyl groups excluding tert-OH is 1. The first-order valence-electron chi connectivity index (χ1n) is 8.51. The molecule has 3 rings (SSSR count). The molecule has 3 aromatic rings. The molecule has 0 aliphatic carbocycles. The predicted molar refractivity (Wildman–Crippen MR) is 98.9 cm³/mol. The fraction of sp³-hybridized carbons (Fsp3) is 0.368. The van der Waals surface area contributed by atoms with E-state index in [0.717, 1.165) is 17.3 Å². The summed E-state index contributed by atoms with van der Waals surface area (Å²) in [4.78, 5) is 15.7. The van der Waals surface area contributed by atoms with Gasteiger partial charge in [0.1, 0.15) is 5.69 Å². The second kappa shape index (κ2) is 6.72. The van der Waals surface area contributed by atoms with Gasteiger partial charge in [-0.2, -0.15) is 5.10 Å². The third-order valence-corrected chi connectivity index (χ3v) is 4.75. The van der Waals surface area contributed by atoms with Crippen LogP contribution in [0.4, 0.5) is 5.69 Å². The number of aromatic amines is 1. The van der Waals surface area contributed by atoms with E-state index in [1.165, 1.54) is 5.56 Å². The van der Waals surface area contributed by atoms with Crippen molar-refractivity contribution >= 4 is 22.5 Å². The molecule has 132 valence electrons. The highest BCUT2D eigenvalue weighted by Crippen LogP contribution is 2.29. The second-order valence-electron chi connectivity index (χ2n) is 6.89. The molecule has 0 radical (unpaired) electrons. The van der Waals surface area contributed by atoms with Gasteiger partial charge in [-0.3, -0.25) is 9.48 Å². The molecule has 0 saturated carbocycles. The van der Waals surface area contributed by atoms with E-state index >= 15 is 0 Å². The zero-order valence-electron chi connectivity index (χ0n) is 14.8. The quantitative estimate of drug-likeness (QED) is 0.644. The Morgan fingerprint density at radius 3 is 2.88 bits per heavy atom. The third kappa shape index (κ3) is 3.58. The fourth-order valence-corrected chi connectivity index (χ4v) is 2.73. The normalized spacial score (nSPS) is 11.8. The molecule has 0 saturated heterocycles. The lowest BCUT2D eigenvalue weighted by Gasteiger charge is -2.23. The summed E-state index contributed by atoms with van der Waals surface area (Å²) in [6.45, 7) is 7.02. The maximum Gasteiger partial charge on any atom is 0.272 e. The first kappa shape index (κ1) is 17.2. The molecular weight excluding hydrogens is 316 g/mol. The van der Waals surface area contributed by atoms with Crippen molar-refractivity contribution in [1.82, 2.24) is 14.8 Å². The maximum absolute atomic E-state index is 12.5. The highest BCUT2D eigenvalue weighted by Gasteiger charge is 2.19. The van der Waals surface area contributed by atoms with Crippen LogP contribution >= 0.6 is 0 Å². The molecule has 0 fully saturated rings. The lowest BCUT2D eigenvalue weighted by atomic mass is 9.82. The van der Waals surface area contributed by atoms with Crippen molar-refractivity contribution < 1.29 is 9.90 Å². The molecule has 0 aliphatic rings. The van der Waals surface area contributed by atoms with Gasteiger partial charge in [-0.15, -0.1) is 0 Å². The molecule has 1 amide bonds. The molecule has 0 atom stereocenters. The summed E-state index contributed by atoms with van der Waals surface area (Å²) in [6, 6.07) is 8.15. The molecule has 3 N–H and O–H groups in total. The average Bonchev–Trinajstić information content (AvgIpc) is 3.21. The summed E-state index contributed by atoms with van der Waals surface area (Å²) >= 11 is 0. The number of carbonyl (C=O) groups is 1. The van der Waals surface area contributed by atoms with Crippen LogP contribution in [0.1, 0.15) is 43.2 Å². The number of benzene rings is 1. The van der Waals surface area contributed by atoms with E-state index in [1.54, 1.807) is 17.1 Å². The van der Waals surface area contributed by atoms with Gasteiger partial charge >= 0.3 is 0 Å². The summed E-state index contributed by atoms with van der Waals surface area (Å²) in [6.07, 6.45) is 4.31. The summed E-state index contributed by atoms with van der Waals surface area (Å²) < 4.78 is 1.58. The molecule has 0 aliphatic heterocycles. The molecule has 0 unspecified atom stereocenters. The highest BCUT2D eigenvalue weighted by molar-refractivity contribution is 6.05. The Morgan fingerprint density at radius 1 is 1.36 bits per heavy atom. The van der Waals surface area contributed by atoms with Gasteiger partial charge in [0.25, 0.3) is 5.91 Å². The SMILES string of the molecule is CCC(C)(C)c1ccc2cc(C(=O)Nc3cnn(CCO)c3)[nH]c2c1. The molecule has 0 bridgehead atoms. The predicted octanol–water partition coefficient (Wildman–Crippen LogP) is 3.30. The van der Waals surface area contributed by atoms with Crippen LogP contribution in [0.25, 0.3) is 10.9 Å². The Hall–Kier alpha value is -2.60. The number of anilines is 1. The second-order valence-corrected chi connectivity index (χ2v) is 6.89. The first-order chi connectivity index (χ1) is 11.9. The number of fused-ring (bicyclic) bond motifs is 1. The maximum atomic E-state index is 12.5. The van der Waals surface area contributed by atoms with Crippen molar-refractivity contribution in [3.8, 4) is 0 Å². The van der Waals surface area contributed by atoms with E-state index in [9.17, 15) is 4.79 Å². The first-order valence-corrected chi connectivity index (χ1v) is 8.51. The van der Waals surface area contributed by atoms with Gasteiger partial charge in [0.2, 0.25) is 0 Å². The van der Waals surface area contributed by atoms with Crippen molar-refractivity contribution in [3.63, 3.8) is 0 Å². The van der Waals surface area contributed by atoms with E-state index in [-0.39, 0.29) is 17.9 Å². The Morgan fingerprint density at radius 2 is 2.16 bits per heavy atom. The average molecular weight is 340 g/mol. The van der Waals surface area contributed by atoms with Crippen LogP contribution in [-0.2, 0) is 12.0 Å². The van der Waals surface area contributed by atoms with Crippen LogP contribution in [0, 0.1) is 0 Å². The minimum atomic E-state index is -0.212. The monoisotopic (exact) mass is 340 g/mol. The minimum absolute atomic E-state index is 0.00747. The Kier molecular flexibility index (Phi) is 4.63. The number of carbonyl (C=O) groups excluding carboxylic acids is 1. The van der Waals surface area contributed by atoms with Gasteiger partial charge in [0, 0.05) is 17.1 Å². The minimum Gasteiger partial charge on any atom is -0.394 e. The van der Waals surface area contributed by atoms with E-state index in [4.69, 9.17) is 5.11 Å². The van der Waals surface area contributed by atoms with Crippen molar-refractivity contribution in [2.24, 2.45) is 0 Å². The van der Waals surface area contributed by atoms with Gasteiger partial charge in [-0.25, -0.2) is 0 Å². The number of nitrogens with zero attached hydrogens (tertiary/aromatic N) is 2. The molecule has 2 heterocycles. The standard InChI is InChI=1S/C19H24N4O2/c1-4-19(2,3)14-6-5-13-9-17(22-16(13)10-14)18(25)21-15-11-20-23(12-15)7-8-24/h5-6,9-12,22,24H,4,7-8H2,1-3H3,(H,21,25). The summed E-state index contributed by atoms with van der Waals surface area (Å²) in [5, 5.41) is 16.8. The van der Waals surface area contributed by atoms with Gasteiger partial charge in [0.05, 0.1) is 25.0 Å². The van der Waals surface area contributed by atoms with E-state index in [2.05, 4.69) is 54.4 Å². The lowest BCUT2D eigenvalue weighted by molar-refractivity contribution is 0.102. The summed E-state index contributed by atoms with van der Waals surface area (Å²) in [7, 11) is 0. The van der Waals surface area contributed by atoms with E-state index in [0.29, 0.717) is 17.9 Å². The van der Waals surface area contributed by atoms with Gasteiger partial charge in [-0.05, 0) is 29.5 Å². The van der Waals surface area contributed by atoms with Crippen molar-refractivity contribution in [1.29, 1.82) is 0 Å². The number of nitrogens with one attached hydrogen (secondary N) is 2. The Bertz CT molecular complexity index is 892.